The van der Waals surface area contributed by atoms with Gasteiger partial charge in [-0.15, -0.1) is 0 Å². The number of halogens is 3. The van der Waals surface area contributed by atoms with E-state index in [2.05, 4.69) is 5.32 Å². The van der Waals surface area contributed by atoms with Crippen LogP contribution in [0.1, 0.15) is 17.9 Å². The van der Waals surface area contributed by atoms with Crippen molar-refractivity contribution in [3.63, 3.8) is 0 Å². The van der Waals surface area contributed by atoms with E-state index in [1.807, 2.05) is 0 Å². The minimum absolute atomic E-state index is 0.127. The summed E-state index contributed by atoms with van der Waals surface area (Å²) in [6, 6.07) is 4.64. The molecule has 2 aromatic rings. The third kappa shape index (κ3) is 3.51. The molecule has 2 N–H and O–H groups in total. The molecular weight excluding hydrogens is 329 g/mol. The summed E-state index contributed by atoms with van der Waals surface area (Å²) in [5.41, 5.74) is -3.67. The Bertz CT molecular complexity index is 810. The Labute approximate surface area is 134 Å². The lowest BCUT2D eigenvalue weighted by Gasteiger charge is -2.28. The van der Waals surface area contributed by atoms with E-state index >= 15 is 0 Å². The predicted octanol–water partition coefficient (Wildman–Crippen LogP) is 2.07. The van der Waals surface area contributed by atoms with Gasteiger partial charge in [-0.25, -0.2) is 0 Å². The fourth-order valence-electron chi connectivity index (χ4n) is 2.09. The van der Waals surface area contributed by atoms with Gasteiger partial charge in [0.15, 0.2) is 0 Å². The second-order valence-corrected chi connectivity index (χ2v) is 5.36. The lowest BCUT2D eigenvalue weighted by molar-refractivity contribution is -0.272. The zero-order valence-electron chi connectivity index (χ0n) is 12.8. The Morgan fingerprint density at radius 2 is 1.96 bits per heavy atom. The molecule has 0 aliphatic heterocycles. The molecule has 0 aliphatic carbocycles. The number of nitrogens with zero attached hydrogens (tertiary/aromatic N) is 1. The van der Waals surface area contributed by atoms with Gasteiger partial charge in [0.05, 0.1) is 12.1 Å². The van der Waals surface area contributed by atoms with Gasteiger partial charge >= 0.3 is 6.18 Å². The molecule has 0 saturated heterocycles. The van der Waals surface area contributed by atoms with Crippen LogP contribution >= 0.6 is 0 Å². The Hall–Kier alpha value is -2.55. The Kier molecular flexibility index (Phi) is 4.57. The smallest absolute Gasteiger partial charge is 0.425 e. The summed E-state index contributed by atoms with van der Waals surface area (Å²) >= 11 is 0. The number of rotatable bonds is 4. The number of nitrogens with one attached hydrogen (secondary N) is 1. The number of carbonyl (C=O) groups is 1. The molecular formula is C15H15F3N2O4. The summed E-state index contributed by atoms with van der Waals surface area (Å²) in [6.07, 6.45) is -5.14. The number of aryl methyl sites for hydroxylation is 2. The van der Waals surface area contributed by atoms with E-state index in [1.54, 1.807) is 0 Å². The second-order valence-electron chi connectivity index (χ2n) is 5.36. The van der Waals surface area contributed by atoms with Gasteiger partial charge in [0.25, 0.3) is 0 Å². The molecule has 2 heterocycles. The van der Waals surface area contributed by atoms with Crippen molar-refractivity contribution in [2.75, 3.05) is 5.32 Å². The van der Waals surface area contributed by atoms with Crippen LogP contribution in [0.5, 0.6) is 0 Å². The van der Waals surface area contributed by atoms with Crippen LogP contribution in [0, 0.1) is 6.92 Å². The van der Waals surface area contributed by atoms with Crippen molar-refractivity contribution in [1.29, 1.82) is 0 Å². The third-order valence-electron chi connectivity index (χ3n) is 3.40. The molecule has 0 saturated carbocycles. The average Bonchev–Trinajstić information content (AvgIpc) is 2.88. The molecule has 1 unspecified atom stereocenters. The third-order valence-corrected chi connectivity index (χ3v) is 3.40. The van der Waals surface area contributed by atoms with Gasteiger partial charge in [0, 0.05) is 19.3 Å². The molecule has 130 valence electrons. The maximum Gasteiger partial charge on any atom is 0.425 e. The highest BCUT2D eigenvalue weighted by Crippen LogP contribution is 2.42. The van der Waals surface area contributed by atoms with Gasteiger partial charge in [-0.1, -0.05) is 0 Å². The summed E-state index contributed by atoms with van der Waals surface area (Å²) < 4.78 is 45.9. The molecule has 0 bridgehead atoms. The Morgan fingerprint density at radius 1 is 1.29 bits per heavy atom. The zero-order chi connectivity index (χ0) is 18.1. The number of hydrogen-bond acceptors (Lipinski definition) is 4. The van der Waals surface area contributed by atoms with E-state index in [9.17, 15) is 27.9 Å². The van der Waals surface area contributed by atoms with Gasteiger partial charge in [-0.2, -0.15) is 13.2 Å². The number of pyridine rings is 1. The summed E-state index contributed by atoms with van der Waals surface area (Å²) in [5, 5.41) is 12.3. The number of anilines is 1. The summed E-state index contributed by atoms with van der Waals surface area (Å²) in [7, 11) is 1.43. The van der Waals surface area contributed by atoms with Gasteiger partial charge in [-0.3, -0.25) is 9.59 Å². The zero-order valence-corrected chi connectivity index (χ0v) is 12.8. The predicted molar refractivity (Wildman–Crippen MR) is 78.3 cm³/mol. The van der Waals surface area contributed by atoms with E-state index in [-0.39, 0.29) is 17.0 Å². The minimum Gasteiger partial charge on any atom is -0.463 e. The molecule has 9 heteroatoms. The van der Waals surface area contributed by atoms with E-state index in [4.69, 9.17) is 4.42 Å². The number of carbonyl (C=O) groups excluding carboxylic acids is 1. The number of aliphatic hydroxyl groups is 1. The molecule has 6 nitrogen and oxygen atoms in total. The van der Waals surface area contributed by atoms with Crippen molar-refractivity contribution in [2.24, 2.45) is 7.05 Å². The van der Waals surface area contributed by atoms with Crippen LogP contribution in [0.4, 0.5) is 18.9 Å². The highest BCUT2D eigenvalue weighted by molar-refractivity contribution is 5.91. The van der Waals surface area contributed by atoms with Crippen LogP contribution < -0.4 is 10.9 Å². The van der Waals surface area contributed by atoms with Crippen molar-refractivity contribution < 1.29 is 27.5 Å². The van der Waals surface area contributed by atoms with Crippen molar-refractivity contribution >= 4 is 11.6 Å². The first-order chi connectivity index (χ1) is 11.0. The number of hydrogen-bond donors (Lipinski definition) is 2. The summed E-state index contributed by atoms with van der Waals surface area (Å²) in [6.45, 7) is 1.42. The lowest BCUT2D eigenvalue weighted by Crippen LogP contribution is -2.44. The average molecular weight is 344 g/mol. The fourth-order valence-corrected chi connectivity index (χ4v) is 2.09. The molecule has 0 radical (unpaired) electrons. The van der Waals surface area contributed by atoms with E-state index in [0.29, 0.717) is 0 Å². The van der Waals surface area contributed by atoms with Crippen molar-refractivity contribution in [3.8, 4) is 0 Å². The number of furan rings is 1. The van der Waals surface area contributed by atoms with Crippen LogP contribution in [-0.4, -0.2) is 21.8 Å². The van der Waals surface area contributed by atoms with Crippen molar-refractivity contribution in [2.45, 2.75) is 25.1 Å². The van der Waals surface area contributed by atoms with Gasteiger partial charge in [-0.05, 0) is 25.1 Å². The molecule has 0 fully saturated rings. The monoisotopic (exact) mass is 344 g/mol. The number of alkyl halides is 3. The second kappa shape index (κ2) is 6.16. The van der Waals surface area contributed by atoms with E-state index in [0.717, 1.165) is 16.7 Å². The molecule has 1 amide bonds. The first-order valence-corrected chi connectivity index (χ1v) is 6.85. The summed E-state index contributed by atoms with van der Waals surface area (Å²) in [5.74, 6) is -1.67. The maximum absolute atomic E-state index is 13.3. The molecule has 0 spiro atoms. The Morgan fingerprint density at radius 3 is 2.46 bits per heavy atom. The largest absolute Gasteiger partial charge is 0.463 e. The van der Waals surface area contributed by atoms with Crippen LogP contribution in [0.15, 0.2) is 39.7 Å². The number of amides is 1. The van der Waals surface area contributed by atoms with Crippen LogP contribution in [0.25, 0.3) is 0 Å². The highest BCUT2D eigenvalue weighted by atomic mass is 19.4. The Balaban J connectivity index is 2.25. The van der Waals surface area contributed by atoms with Gasteiger partial charge in [0.2, 0.25) is 17.1 Å². The molecule has 24 heavy (non-hydrogen) atoms. The molecule has 2 rings (SSSR count). The maximum atomic E-state index is 13.3. The highest BCUT2D eigenvalue weighted by Gasteiger charge is 2.58. The molecule has 2 aromatic heterocycles. The van der Waals surface area contributed by atoms with E-state index in [1.165, 1.54) is 32.3 Å². The fraction of sp³-hybridized carbons (Fsp3) is 0.333. The van der Waals surface area contributed by atoms with Crippen molar-refractivity contribution in [3.05, 3.63) is 52.3 Å². The number of aromatic nitrogens is 1. The standard InChI is InChI=1S/C15H15F3N2O4/c1-9-3-5-11(24-9)14(23,15(16,17)18)7-12(21)19-10-4-6-13(22)20(2)8-10/h3-6,8,23H,7H2,1-2H3,(H,19,21). The topological polar surface area (TPSA) is 84.5 Å². The van der Waals surface area contributed by atoms with Crippen LogP contribution in [-0.2, 0) is 17.4 Å². The quantitative estimate of drug-likeness (QED) is 0.889. The van der Waals surface area contributed by atoms with Crippen molar-refractivity contribution in [1.82, 2.24) is 4.57 Å². The minimum atomic E-state index is -5.11. The first-order valence-electron chi connectivity index (χ1n) is 6.85. The van der Waals surface area contributed by atoms with E-state index < -0.39 is 29.9 Å². The van der Waals surface area contributed by atoms with Crippen LogP contribution in [0.2, 0.25) is 0 Å². The van der Waals surface area contributed by atoms with Crippen LogP contribution in [0.3, 0.4) is 0 Å². The van der Waals surface area contributed by atoms with Gasteiger partial charge < -0.3 is 19.4 Å². The summed E-state index contributed by atoms with van der Waals surface area (Å²) in [4.78, 5) is 23.2. The lowest BCUT2D eigenvalue weighted by atomic mass is 9.95. The molecule has 1 atom stereocenters. The molecule has 0 aromatic carbocycles. The normalized spacial score (nSPS) is 14.2. The molecule has 0 aliphatic rings. The first kappa shape index (κ1) is 17.8. The van der Waals surface area contributed by atoms with Gasteiger partial charge in [0.1, 0.15) is 11.5 Å². The SMILES string of the molecule is Cc1ccc(C(O)(CC(=O)Nc2ccc(=O)n(C)c2)C(F)(F)F)o1.